The van der Waals surface area contributed by atoms with Gasteiger partial charge in [-0.2, -0.15) is 10.2 Å². The average molecular weight is 233 g/mol. The summed E-state index contributed by atoms with van der Waals surface area (Å²) in [4.78, 5) is 11.6. The van der Waals surface area contributed by atoms with Crippen molar-refractivity contribution < 1.29 is 4.79 Å². The molecule has 2 aromatic rings. The largest absolute Gasteiger partial charge is 0.309 e. The molecule has 0 atom stereocenters. The molecule has 0 fully saturated rings. The Balaban J connectivity index is 1.84. The monoisotopic (exact) mass is 233 g/mol. The third-order valence-corrected chi connectivity index (χ3v) is 2.46. The van der Waals surface area contributed by atoms with E-state index in [9.17, 15) is 4.79 Å². The third kappa shape index (κ3) is 2.93. The lowest BCUT2D eigenvalue weighted by Crippen LogP contribution is -2.16. The van der Waals surface area contributed by atoms with Gasteiger partial charge in [-0.05, 0) is 13.0 Å². The molecule has 2 heterocycles. The molecule has 6 nitrogen and oxygen atoms in total. The maximum Gasteiger partial charge on any atom is 0.227 e. The number of amides is 1. The Morgan fingerprint density at radius 2 is 2.29 bits per heavy atom. The Bertz CT molecular complexity index is 513. The second kappa shape index (κ2) is 4.82. The first-order chi connectivity index (χ1) is 8.15. The van der Waals surface area contributed by atoms with E-state index in [1.54, 1.807) is 27.8 Å². The Kier molecular flexibility index (Phi) is 3.22. The van der Waals surface area contributed by atoms with E-state index in [0.29, 0.717) is 18.8 Å². The summed E-state index contributed by atoms with van der Waals surface area (Å²) in [6.07, 6.45) is 3.90. The lowest BCUT2D eigenvalue weighted by atomic mass is 10.4. The molecule has 1 N–H and O–H groups in total. The predicted octanol–water partition coefficient (Wildman–Crippen LogP) is 0.954. The van der Waals surface area contributed by atoms with Gasteiger partial charge in [0.15, 0.2) is 5.82 Å². The summed E-state index contributed by atoms with van der Waals surface area (Å²) in [6.45, 7) is 2.54. The average Bonchev–Trinajstić information content (AvgIpc) is 2.85. The lowest BCUT2D eigenvalue weighted by Gasteiger charge is -2.04. The molecule has 0 saturated carbocycles. The number of nitrogens with zero attached hydrogens (tertiary/aromatic N) is 4. The molecule has 0 saturated heterocycles. The molecular formula is C11H15N5O. The first kappa shape index (κ1) is 11.4. The predicted molar refractivity (Wildman–Crippen MR) is 63.4 cm³/mol. The molecule has 1 amide bonds. The van der Waals surface area contributed by atoms with E-state index in [1.165, 1.54) is 0 Å². The highest BCUT2D eigenvalue weighted by atomic mass is 16.1. The summed E-state index contributed by atoms with van der Waals surface area (Å²) in [5.74, 6) is 0.522. The molecule has 0 aliphatic heterocycles. The Labute approximate surface area is 99.2 Å². The van der Waals surface area contributed by atoms with Crippen LogP contribution in [-0.2, 0) is 18.4 Å². The van der Waals surface area contributed by atoms with Gasteiger partial charge in [0.2, 0.25) is 5.91 Å². The van der Waals surface area contributed by atoms with Crippen molar-refractivity contribution in [3.05, 3.63) is 30.2 Å². The lowest BCUT2D eigenvalue weighted by molar-refractivity contribution is -0.116. The zero-order valence-electron chi connectivity index (χ0n) is 9.92. The fourth-order valence-corrected chi connectivity index (χ4v) is 1.53. The second-order valence-corrected chi connectivity index (χ2v) is 3.87. The number of carbonyl (C=O) groups is 1. The smallest absolute Gasteiger partial charge is 0.227 e. The molecule has 0 radical (unpaired) electrons. The van der Waals surface area contributed by atoms with E-state index < -0.39 is 0 Å². The van der Waals surface area contributed by atoms with Crippen LogP contribution in [0, 0.1) is 6.92 Å². The Morgan fingerprint density at radius 1 is 1.47 bits per heavy atom. The van der Waals surface area contributed by atoms with Crippen molar-refractivity contribution in [1.29, 1.82) is 0 Å². The van der Waals surface area contributed by atoms with Crippen LogP contribution in [0.25, 0.3) is 0 Å². The van der Waals surface area contributed by atoms with Crippen molar-refractivity contribution >= 4 is 11.7 Å². The van der Waals surface area contributed by atoms with Crippen LogP contribution in [0.5, 0.6) is 0 Å². The molecule has 17 heavy (non-hydrogen) atoms. The summed E-state index contributed by atoms with van der Waals surface area (Å²) in [5.41, 5.74) is 1.05. The van der Waals surface area contributed by atoms with Crippen LogP contribution in [0.4, 0.5) is 5.82 Å². The van der Waals surface area contributed by atoms with Crippen molar-refractivity contribution in [2.24, 2.45) is 7.05 Å². The van der Waals surface area contributed by atoms with Crippen molar-refractivity contribution in [1.82, 2.24) is 19.6 Å². The molecule has 0 aliphatic rings. The van der Waals surface area contributed by atoms with E-state index in [4.69, 9.17) is 0 Å². The fourth-order valence-electron chi connectivity index (χ4n) is 1.53. The molecule has 0 aromatic carbocycles. The zero-order chi connectivity index (χ0) is 12.3. The van der Waals surface area contributed by atoms with Gasteiger partial charge in [0.05, 0.1) is 0 Å². The molecule has 0 spiro atoms. The standard InChI is InChI=1S/C11H15N5O/c1-9-3-6-12-16(9)8-5-11(17)13-10-4-7-15(2)14-10/h3-4,6-7H,5,8H2,1-2H3,(H,13,14,17). The SMILES string of the molecule is Cc1ccnn1CCC(=O)Nc1ccn(C)n1. The van der Waals surface area contributed by atoms with Crippen LogP contribution in [-0.4, -0.2) is 25.5 Å². The van der Waals surface area contributed by atoms with Crippen molar-refractivity contribution in [3.8, 4) is 0 Å². The fraction of sp³-hybridized carbons (Fsp3) is 0.364. The molecular weight excluding hydrogens is 218 g/mol. The van der Waals surface area contributed by atoms with Crippen molar-refractivity contribution in [3.63, 3.8) is 0 Å². The maximum absolute atomic E-state index is 11.6. The first-order valence-electron chi connectivity index (χ1n) is 5.43. The van der Waals surface area contributed by atoms with Crippen LogP contribution < -0.4 is 5.32 Å². The minimum absolute atomic E-state index is 0.0569. The molecule has 90 valence electrons. The van der Waals surface area contributed by atoms with Gasteiger partial charge in [-0.15, -0.1) is 0 Å². The van der Waals surface area contributed by atoms with Crippen molar-refractivity contribution in [2.75, 3.05) is 5.32 Å². The summed E-state index contributed by atoms with van der Waals surface area (Å²) in [6, 6.07) is 3.67. The summed E-state index contributed by atoms with van der Waals surface area (Å²) in [7, 11) is 1.81. The number of nitrogens with one attached hydrogen (secondary N) is 1. The van der Waals surface area contributed by atoms with Gasteiger partial charge in [0.1, 0.15) is 0 Å². The van der Waals surface area contributed by atoms with Crippen LogP contribution in [0.3, 0.4) is 0 Å². The van der Waals surface area contributed by atoms with Gasteiger partial charge in [-0.25, -0.2) is 0 Å². The summed E-state index contributed by atoms with van der Waals surface area (Å²) in [5, 5.41) is 10.9. The number of carbonyl (C=O) groups excluding carboxylic acids is 1. The summed E-state index contributed by atoms with van der Waals surface area (Å²) >= 11 is 0. The number of aryl methyl sites for hydroxylation is 3. The molecule has 0 bridgehead atoms. The van der Waals surface area contributed by atoms with Crippen LogP contribution >= 0.6 is 0 Å². The van der Waals surface area contributed by atoms with E-state index in [-0.39, 0.29) is 5.91 Å². The molecule has 0 aliphatic carbocycles. The summed E-state index contributed by atoms with van der Waals surface area (Å²) < 4.78 is 3.45. The topological polar surface area (TPSA) is 64.7 Å². The zero-order valence-corrected chi connectivity index (χ0v) is 9.92. The van der Waals surface area contributed by atoms with E-state index >= 15 is 0 Å². The van der Waals surface area contributed by atoms with E-state index in [2.05, 4.69) is 15.5 Å². The third-order valence-electron chi connectivity index (χ3n) is 2.46. The quantitative estimate of drug-likeness (QED) is 0.855. The van der Waals surface area contributed by atoms with Crippen LogP contribution in [0.2, 0.25) is 0 Å². The highest BCUT2D eigenvalue weighted by Gasteiger charge is 2.05. The van der Waals surface area contributed by atoms with Gasteiger partial charge in [0.25, 0.3) is 0 Å². The maximum atomic E-state index is 11.6. The Morgan fingerprint density at radius 3 is 2.88 bits per heavy atom. The van der Waals surface area contributed by atoms with Gasteiger partial charge < -0.3 is 5.32 Å². The number of rotatable bonds is 4. The van der Waals surface area contributed by atoms with E-state index in [1.807, 2.05) is 20.0 Å². The van der Waals surface area contributed by atoms with Crippen molar-refractivity contribution in [2.45, 2.75) is 19.9 Å². The first-order valence-corrected chi connectivity index (χ1v) is 5.43. The second-order valence-electron chi connectivity index (χ2n) is 3.87. The van der Waals surface area contributed by atoms with Crippen LogP contribution in [0.1, 0.15) is 12.1 Å². The van der Waals surface area contributed by atoms with Gasteiger partial charge in [0, 0.05) is 44.2 Å². The highest BCUT2D eigenvalue weighted by molar-refractivity contribution is 5.89. The number of hydrogen-bond donors (Lipinski definition) is 1. The minimum Gasteiger partial charge on any atom is -0.309 e. The van der Waals surface area contributed by atoms with E-state index in [0.717, 1.165) is 5.69 Å². The van der Waals surface area contributed by atoms with Crippen LogP contribution in [0.15, 0.2) is 24.5 Å². The van der Waals surface area contributed by atoms with Gasteiger partial charge >= 0.3 is 0 Å². The number of aromatic nitrogens is 4. The van der Waals surface area contributed by atoms with Gasteiger partial charge in [-0.3, -0.25) is 14.2 Å². The number of anilines is 1. The number of hydrogen-bond acceptors (Lipinski definition) is 3. The molecule has 2 aromatic heterocycles. The normalized spacial score (nSPS) is 10.5. The molecule has 0 unspecified atom stereocenters. The minimum atomic E-state index is -0.0569. The molecule has 6 heteroatoms. The molecule has 2 rings (SSSR count). The highest BCUT2D eigenvalue weighted by Crippen LogP contribution is 2.03. The Hall–Kier alpha value is -2.11. The van der Waals surface area contributed by atoms with Gasteiger partial charge in [-0.1, -0.05) is 0 Å².